The maximum atomic E-state index is 11.9. The summed E-state index contributed by atoms with van der Waals surface area (Å²) >= 11 is 1.73. The lowest BCUT2D eigenvalue weighted by Crippen LogP contribution is -2.41. The smallest absolute Gasteiger partial charge is 0.243 e. The zero-order valence-corrected chi connectivity index (χ0v) is 18.7. The Kier molecular flexibility index (Phi) is 8.62. The quantitative estimate of drug-likeness (QED) is 0.390. The second kappa shape index (κ2) is 10.5. The first-order valence-electron chi connectivity index (χ1n) is 8.97. The molecule has 26 heavy (non-hydrogen) atoms. The molecule has 6 nitrogen and oxygen atoms in total. The molecule has 1 aromatic rings. The third-order valence-corrected chi connectivity index (χ3v) is 5.90. The Morgan fingerprint density at radius 3 is 2.92 bits per heavy atom. The topological polar surface area (TPSA) is 57.2 Å². The van der Waals surface area contributed by atoms with Gasteiger partial charge in [-0.25, -0.2) is 4.99 Å². The molecule has 1 aromatic heterocycles. The summed E-state index contributed by atoms with van der Waals surface area (Å²) in [4.78, 5) is 21.7. The zero-order valence-electron chi connectivity index (χ0n) is 15.5. The molecule has 1 N–H and O–H groups in total. The fourth-order valence-corrected chi connectivity index (χ4v) is 4.06. The van der Waals surface area contributed by atoms with E-state index in [9.17, 15) is 4.79 Å². The molecular weight excluding hydrogens is 463 g/mol. The van der Waals surface area contributed by atoms with Crippen molar-refractivity contribution in [2.24, 2.45) is 16.8 Å². The maximum absolute atomic E-state index is 11.9. The highest BCUT2D eigenvalue weighted by atomic mass is 127. The fourth-order valence-electron chi connectivity index (χ4n) is 3.42. The Morgan fingerprint density at radius 2 is 2.27 bits per heavy atom. The molecule has 1 amide bonds. The van der Waals surface area contributed by atoms with Crippen molar-refractivity contribution in [1.82, 2.24) is 15.1 Å². The van der Waals surface area contributed by atoms with Crippen LogP contribution in [0, 0.1) is 11.8 Å². The number of likely N-dealkylation sites (tertiary alicyclic amines) is 1. The molecule has 2 atom stereocenters. The molecule has 8 heteroatoms. The molecular formula is C18H29IN4O2S. The van der Waals surface area contributed by atoms with E-state index in [4.69, 9.17) is 4.74 Å². The molecule has 3 heterocycles. The Bertz CT molecular complexity index is 588. The normalized spacial score (nSPS) is 23.0. The van der Waals surface area contributed by atoms with Gasteiger partial charge in [-0.05, 0) is 36.1 Å². The number of ether oxygens (including phenoxy) is 1. The molecule has 0 radical (unpaired) electrons. The number of halogens is 1. The monoisotopic (exact) mass is 492 g/mol. The highest BCUT2D eigenvalue weighted by Gasteiger charge is 2.33. The number of nitrogens with one attached hydrogen (secondary N) is 1. The summed E-state index contributed by atoms with van der Waals surface area (Å²) in [6, 6.07) is 4.17. The van der Waals surface area contributed by atoms with Gasteiger partial charge in [0.25, 0.3) is 0 Å². The van der Waals surface area contributed by atoms with E-state index in [1.54, 1.807) is 30.3 Å². The lowest BCUT2D eigenvalue weighted by molar-refractivity contribution is -0.127. The third kappa shape index (κ3) is 5.82. The number of amides is 1. The number of aliphatic imine (C=N–C) groups is 1. The van der Waals surface area contributed by atoms with E-state index in [0.29, 0.717) is 11.8 Å². The molecule has 3 rings (SSSR count). The van der Waals surface area contributed by atoms with Crippen molar-refractivity contribution >= 4 is 47.2 Å². The van der Waals surface area contributed by atoms with Gasteiger partial charge in [0, 0.05) is 45.3 Å². The van der Waals surface area contributed by atoms with Crippen LogP contribution in [-0.4, -0.2) is 68.6 Å². The zero-order chi connectivity index (χ0) is 17.6. The first kappa shape index (κ1) is 21.4. The van der Waals surface area contributed by atoms with E-state index in [0.717, 1.165) is 38.8 Å². The van der Waals surface area contributed by atoms with Crippen LogP contribution >= 0.6 is 35.3 Å². The molecule has 0 saturated carbocycles. The predicted molar refractivity (Wildman–Crippen MR) is 116 cm³/mol. The molecule has 0 aromatic carbocycles. The molecule has 0 bridgehead atoms. The number of carbonyl (C=O) groups excluding carboxylic acids is 1. The number of guanidine groups is 1. The van der Waals surface area contributed by atoms with E-state index in [-0.39, 0.29) is 36.4 Å². The van der Waals surface area contributed by atoms with Gasteiger partial charge in [0.2, 0.25) is 5.91 Å². The van der Waals surface area contributed by atoms with Gasteiger partial charge in [-0.2, -0.15) is 0 Å². The highest BCUT2D eigenvalue weighted by molar-refractivity contribution is 14.0. The van der Waals surface area contributed by atoms with Gasteiger partial charge in [0.15, 0.2) is 5.96 Å². The van der Waals surface area contributed by atoms with E-state index >= 15 is 0 Å². The van der Waals surface area contributed by atoms with Gasteiger partial charge >= 0.3 is 0 Å². The molecule has 2 aliphatic heterocycles. The average molecular weight is 492 g/mol. The second-order valence-electron chi connectivity index (χ2n) is 6.98. The predicted octanol–water partition coefficient (Wildman–Crippen LogP) is 2.26. The summed E-state index contributed by atoms with van der Waals surface area (Å²) < 4.78 is 5.55. The van der Waals surface area contributed by atoms with Crippen LogP contribution in [0.1, 0.15) is 17.7 Å². The lowest BCUT2D eigenvalue weighted by atomic mass is 9.91. The molecule has 2 fully saturated rings. The van der Waals surface area contributed by atoms with Crippen molar-refractivity contribution in [3.05, 3.63) is 22.4 Å². The Hall–Kier alpha value is -0.870. The summed E-state index contributed by atoms with van der Waals surface area (Å²) in [6.45, 7) is 4.73. The van der Waals surface area contributed by atoms with Crippen LogP contribution in [0.3, 0.4) is 0 Å². The van der Waals surface area contributed by atoms with Crippen molar-refractivity contribution in [2.45, 2.75) is 19.4 Å². The van der Waals surface area contributed by atoms with Gasteiger partial charge in [-0.1, -0.05) is 6.07 Å². The summed E-state index contributed by atoms with van der Waals surface area (Å²) in [5.41, 5.74) is 0. The van der Waals surface area contributed by atoms with Gasteiger partial charge in [0.05, 0.1) is 6.54 Å². The van der Waals surface area contributed by atoms with E-state index in [1.807, 2.05) is 0 Å². The molecule has 2 unspecified atom stereocenters. The number of likely N-dealkylation sites (N-methyl/N-ethyl adjacent to an activating group) is 1. The number of hydrogen-bond donors (Lipinski definition) is 1. The van der Waals surface area contributed by atoms with Crippen LogP contribution in [0.2, 0.25) is 0 Å². The van der Waals surface area contributed by atoms with Crippen LogP contribution < -0.4 is 5.32 Å². The van der Waals surface area contributed by atoms with E-state index in [1.165, 1.54) is 17.7 Å². The number of hydrogen-bond acceptors (Lipinski definition) is 4. The maximum Gasteiger partial charge on any atom is 0.243 e. The highest BCUT2D eigenvalue weighted by Crippen LogP contribution is 2.30. The van der Waals surface area contributed by atoms with Crippen LogP contribution in [0.15, 0.2) is 22.5 Å². The minimum atomic E-state index is 0. The molecule has 146 valence electrons. The van der Waals surface area contributed by atoms with Crippen LogP contribution in [0.4, 0.5) is 0 Å². The Morgan fingerprint density at radius 1 is 1.42 bits per heavy atom. The number of nitrogens with zero attached hydrogens (tertiary/aromatic N) is 3. The Labute approximate surface area is 177 Å². The summed E-state index contributed by atoms with van der Waals surface area (Å²) in [7, 11) is 3.53. The Balaban J connectivity index is 0.00000243. The minimum Gasteiger partial charge on any atom is -0.381 e. The van der Waals surface area contributed by atoms with Crippen molar-refractivity contribution in [3.63, 3.8) is 0 Å². The third-order valence-electron chi connectivity index (χ3n) is 5.02. The lowest BCUT2D eigenvalue weighted by Gasteiger charge is -2.23. The van der Waals surface area contributed by atoms with Crippen molar-refractivity contribution in [2.75, 3.05) is 46.9 Å². The first-order valence-corrected chi connectivity index (χ1v) is 9.85. The second-order valence-corrected chi connectivity index (χ2v) is 8.01. The number of thiophene rings is 1. The molecule has 2 saturated heterocycles. The summed E-state index contributed by atoms with van der Waals surface area (Å²) in [5.74, 6) is 2.22. The molecule has 0 spiro atoms. The van der Waals surface area contributed by atoms with Crippen LogP contribution in [0.25, 0.3) is 0 Å². The number of rotatable bonds is 5. The molecule has 2 aliphatic rings. The summed E-state index contributed by atoms with van der Waals surface area (Å²) in [6.07, 6.45) is 2.35. The minimum absolute atomic E-state index is 0. The average Bonchev–Trinajstić information content (AvgIpc) is 3.35. The SMILES string of the molecule is CN(C)C(=O)CN=C(NCc1cccs1)N1CCC(C2CCOC2)C1.I. The number of carbonyl (C=O) groups is 1. The first-order chi connectivity index (χ1) is 12.1. The largest absolute Gasteiger partial charge is 0.381 e. The van der Waals surface area contributed by atoms with E-state index in [2.05, 4.69) is 32.7 Å². The van der Waals surface area contributed by atoms with Crippen molar-refractivity contribution in [3.8, 4) is 0 Å². The summed E-state index contributed by atoms with van der Waals surface area (Å²) in [5, 5.41) is 5.53. The standard InChI is InChI=1S/C18H28N4O2S.HI/c1-21(2)17(23)11-20-18(19-10-16-4-3-9-25-16)22-7-5-14(12-22)15-6-8-24-13-15;/h3-4,9,14-15H,5-8,10-13H2,1-2H3,(H,19,20);1H. The van der Waals surface area contributed by atoms with Gasteiger partial charge < -0.3 is 19.9 Å². The van der Waals surface area contributed by atoms with Crippen LogP contribution in [0.5, 0.6) is 0 Å². The van der Waals surface area contributed by atoms with Gasteiger partial charge in [-0.15, -0.1) is 35.3 Å². The van der Waals surface area contributed by atoms with Crippen molar-refractivity contribution in [1.29, 1.82) is 0 Å². The van der Waals surface area contributed by atoms with Gasteiger partial charge in [0.1, 0.15) is 6.54 Å². The fraction of sp³-hybridized carbons (Fsp3) is 0.667. The molecule has 0 aliphatic carbocycles. The van der Waals surface area contributed by atoms with Gasteiger partial charge in [-0.3, -0.25) is 4.79 Å². The van der Waals surface area contributed by atoms with E-state index < -0.39 is 0 Å². The van der Waals surface area contributed by atoms with Crippen molar-refractivity contribution < 1.29 is 9.53 Å². The van der Waals surface area contributed by atoms with Crippen LogP contribution in [-0.2, 0) is 16.1 Å².